The molecule has 0 fully saturated rings. The summed E-state index contributed by atoms with van der Waals surface area (Å²) >= 11 is 13.5. The van der Waals surface area contributed by atoms with Gasteiger partial charge in [-0.1, -0.05) is 59.6 Å². The van der Waals surface area contributed by atoms with E-state index in [1.807, 2.05) is 48.5 Å². The minimum Gasteiger partial charge on any atom is -0.497 e. The third-order valence-corrected chi connectivity index (χ3v) is 7.02. The number of amides is 2. The molecule has 2 amide bonds. The van der Waals surface area contributed by atoms with Crippen molar-refractivity contribution in [2.75, 3.05) is 17.7 Å². The van der Waals surface area contributed by atoms with E-state index in [1.54, 1.807) is 49.6 Å². The first-order valence-corrected chi connectivity index (χ1v) is 12.6. The molecule has 8 heteroatoms. The molecule has 2 N–H and O–H groups in total. The number of nitrogens with one attached hydrogen (secondary N) is 2. The summed E-state index contributed by atoms with van der Waals surface area (Å²) in [4.78, 5) is 26.9. The zero-order valence-corrected chi connectivity index (χ0v) is 21.5. The van der Waals surface area contributed by atoms with Crippen molar-refractivity contribution in [2.24, 2.45) is 0 Å². The summed E-state index contributed by atoms with van der Waals surface area (Å²) < 4.78 is 5.19. The number of hydrogen-bond donors (Lipinski definition) is 2. The molecule has 1 unspecified atom stereocenters. The molecule has 5 nitrogen and oxygen atoms in total. The molecular formula is C28H22Cl2N2O3S. The Kier molecular flexibility index (Phi) is 8.54. The third-order valence-electron chi connectivity index (χ3n) is 5.22. The van der Waals surface area contributed by atoms with Gasteiger partial charge in [0, 0.05) is 21.3 Å². The van der Waals surface area contributed by atoms with E-state index in [9.17, 15) is 9.59 Å². The number of ether oxygens (including phenoxy) is 1. The highest BCUT2D eigenvalue weighted by Gasteiger charge is 2.22. The van der Waals surface area contributed by atoms with E-state index in [2.05, 4.69) is 10.6 Å². The number of anilines is 2. The maximum Gasteiger partial charge on any atom is 0.257 e. The van der Waals surface area contributed by atoms with Crippen LogP contribution in [0.4, 0.5) is 11.4 Å². The van der Waals surface area contributed by atoms with Crippen LogP contribution in [-0.2, 0) is 4.79 Å². The quantitative estimate of drug-likeness (QED) is 0.226. The molecule has 0 heterocycles. The lowest BCUT2D eigenvalue weighted by atomic mass is 10.1. The van der Waals surface area contributed by atoms with Gasteiger partial charge in [-0.05, 0) is 66.2 Å². The highest BCUT2D eigenvalue weighted by Crippen LogP contribution is 2.37. The van der Waals surface area contributed by atoms with Gasteiger partial charge in [0.15, 0.2) is 0 Å². The first kappa shape index (κ1) is 25.6. The van der Waals surface area contributed by atoms with Crippen LogP contribution in [0.5, 0.6) is 5.75 Å². The molecule has 4 rings (SSSR count). The van der Waals surface area contributed by atoms with Crippen molar-refractivity contribution in [1.82, 2.24) is 0 Å². The zero-order valence-electron chi connectivity index (χ0n) is 19.2. The Balaban J connectivity index is 1.53. The molecule has 0 spiro atoms. The van der Waals surface area contributed by atoms with Gasteiger partial charge in [-0.2, -0.15) is 0 Å². The predicted molar refractivity (Wildman–Crippen MR) is 148 cm³/mol. The lowest BCUT2D eigenvalue weighted by molar-refractivity contribution is -0.115. The van der Waals surface area contributed by atoms with Crippen LogP contribution in [0.3, 0.4) is 0 Å². The molecule has 0 aliphatic carbocycles. The summed E-state index contributed by atoms with van der Waals surface area (Å²) in [5, 5.41) is 6.04. The van der Waals surface area contributed by atoms with E-state index in [0.717, 1.165) is 10.5 Å². The molecule has 1 atom stereocenters. The van der Waals surface area contributed by atoms with Crippen molar-refractivity contribution < 1.29 is 14.3 Å². The van der Waals surface area contributed by atoms with Crippen LogP contribution >= 0.6 is 35.0 Å². The van der Waals surface area contributed by atoms with Gasteiger partial charge in [0.25, 0.3) is 5.91 Å². The van der Waals surface area contributed by atoms with Crippen molar-refractivity contribution in [3.8, 4) is 5.75 Å². The van der Waals surface area contributed by atoms with Crippen LogP contribution in [0, 0.1) is 0 Å². The lowest BCUT2D eigenvalue weighted by Gasteiger charge is -2.18. The Hall–Kier alpha value is -3.45. The summed E-state index contributed by atoms with van der Waals surface area (Å²) in [6.07, 6.45) is 0. The summed E-state index contributed by atoms with van der Waals surface area (Å²) in [5.74, 6) is 0.190. The Morgan fingerprint density at radius 1 is 0.806 bits per heavy atom. The topological polar surface area (TPSA) is 67.4 Å². The molecule has 0 aliphatic rings. The number of thioether (sulfide) groups is 1. The monoisotopic (exact) mass is 536 g/mol. The van der Waals surface area contributed by atoms with Gasteiger partial charge in [0.1, 0.15) is 11.0 Å². The minimum atomic E-state index is -0.523. The van der Waals surface area contributed by atoms with E-state index in [4.69, 9.17) is 27.9 Å². The fourth-order valence-electron chi connectivity index (χ4n) is 3.44. The molecule has 0 radical (unpaired) electrons. The number of carbonyl (C=O) groups is 2. The number of benzene rings is 4. The zero-order chi connectivity index (χ0) is 25.5. The van der Waals surface area contributed by atoms with Crippen LogP contribution in [0.2, 0.25) is 10.0 Å². The van der Waals surface area contributed by atoms with Crippen LogP contribution < -0.4 is 15.4 Å². The fraction of sp³-hybridized carbons (Fsp3) is 0.0714. The Morgan fingerprint density at radius 2 is 1.56 bits per heavy atom. The van der Waals surface area contributed by atoms with Gasteiger partial charge in [0.05, 0.1) is 17.7 Å². The van der Waals surface area contributed by atoms with Gasteiger partial charge in [0.2, 0.25) is 5.91 Å². The van der Waals surface area contributed by atoms with Crippen molar-refractivity contribution in [3.05, 3.63) is 118 Å². The highest BCUT2D eigenvalue weighted by atomic mass is 35.5. The van der Waals surface area contributed by atoms with Gasteiger partial charge >= 0.3 is 0 Å². The average molecular weight is 537 g/mol. The van der Waals surface area contributed by atoms with E-state index in [0.29, 0.717) is 27.7 Å². The average Bonchev–Trinajstić information content (AvgIpc) is 2.88. The van der Waals surface area contributed by atoms with Gasteiger partial charge in [-0.25, -0.2) is 0 Å². The number of methoxy groups -OCH3 is 1. The molecule has 4 aromatic carbocycles. The molecule has 0 saturated heterocycles. The Labute approximate surface area is 223 Å². The Bertz CT molecular complexity index is 1370. The molecule has 0 aromatic heterocycles. The van der Waals surface area contributed by atoms with Crippen LogP contribution in [0.1, 0.15) is 21.2 Å². The second-order valence-electron chi connectivity index (χ2n) is 7.73. The van der Waals surface area contributed by atoms with Crippen LogP contribution in [0.25, 0.3) is 0 Å². The smallest absolute Gasteiger partial charge is 0.257 e. The van der Waals surface area contributed by atoms with Crippen LogP contribution in [-0.4, -0.2) is 18.9 Å². The van der Waals surface area contributed by atoms with Gasteiger partial charge in [-0.15, -0.1) is 11.8 Å². The molecular weight excluding hydrogens is 515 g/mol. The van der Waals surface area contributed by atoms with E-state index in [1.165, 1.54) is 17.8 Å². The van der Waals surface area contributed by atoms with Gasteiger partial charge in [-0.3, -0.25) is 9.59 Å². The molecule has 4 aromatic rings. The molecule has 0 saturated carbocycles. The number of carbonyl (C=O) groups excluding carboxylic acids is 2. The molecule has 182 valence electrons. The number of hydrogen-bond acceptors (Lipinski definition) is 4. The van der Waals surface area contributed by atoms with Gasteiger partial charge < -0.3 is 15.4 Å². The lowest BCUT2D eigenvalue weighted by Crippen LogP contribution is -2.19. The standard InChI is InChI=1S/C28H22Cl2N2O3S/c1-35-22-13-11-20(12-14-22)31-28(34)26(18-6-3-2-4-7-18)36-23-9-5-8-21(17-23)32-27(33)24-15-10-19(29)16-25(24)30/h2-17,26H,1H3,(H,31,34)(H,32,33). The summed E-state index contributed by atoms with van der Waals surface area (Å²) in [6, 6.07) is 28.7. The van der Waals surface area contributed by atoms with Crippen molar-refractivity contribution in [2.45, 2.75) is 10.1 Å². The SMILES string of the molecule is COc1ccc(NC(=O)C(Sc2cccc(NC(=O)c3ccc(Cl)cc3Cl)c2)c2ccccc2)cc1. The third kappa shape index (κ3) is 6.61. The summed E-state index contributed by atoms with van der Waals surface area (Å²) in [5.41, 5.74) is 2.43. The summed E-state index contributed by atoms with van der Waals surface area (Å²) in [6.45, 7) is 0. The number of rotatable bonds is 8. The molecule has 0 aliphatic heterocycles. The second kappa shape index (κ2) is 12.0. The normalized spacial score (nSPS) is 11.4. The van der Waals surface area contributed by atoms with Crippen molar-refractivity contribution in [3.63, 3.8) is 0 Å². The van der Waals surface area contributed by atoms with Crippen molar-refractivity contribution >= 4 is 58.2 Å². The molecule has 0 bridgehead atoms. The van der Waals surface area contributed by atoms with E-state index in [-0.39, 0.29) is 16.8 Å². The Morgan fingerprint density at radius 3 is 2.25 bits per heavy atom. The maximum atomic E-state index is 13.3. The first-order chi connectivity index (χ1) is 17.4. The van der Waals surface area contributed by atoms with Crippen LogP contribution in [0.15, 0.2) is 102 Å². The fourth-order valence-corrected chi connectivity index (χ4v) is 5.02. The predicted octanol–water partition coefficient (Wildman–Crippen LogP) is 7.73. The maximum absolute atomic E-state index is 13.3. The second-order valence-corrected chi connectivity index (χ2v) is 9.75. The number of halogens is 2. The molecule has 36 heavy (non-hydrogen) atoms. The largest absolute Gasteiger partial charge is 0.497 e. The van der Waals surface area contributed by atoms with E-state index < -0.39 is 5.25 Å². The highest BCUT2D eigenvalue weighted by molar-refractivity contribution is 8.00. The van der Waals surface area contributed by atoms with Crippen molar-refractivity contribution in [1.29, 1.82) is 0 Å². The van der Waals surface area contributed by atoms with E-state index >= 15 is 0 Å². The first-order valence-electron chi connectivity index (χ1n) is 11.0. The summed E-state index contributed by atoms with van der Waals surface area (Å²) in [7, 11) is 1.59. The minimum absolute atomic E-state index is 0.168.